The van der Waals surface area contributed by atoms with E-state index in [-0.39, 0.29) is 17.7 Å². The van der Waals surface area contributed by atoms with Gasteiger partial charge in [0.25, 0.3) is 5.91 Å². The van der Waals surface area contributed by atoms with Gasteiger partial charge < -0.3 is 14.6 Å². The number of carbonyl (C=O) groups is 2. The third kappa shape index (κ3) is 4.13. The van der Waals surface area contributed by atoms with Crippen LogP contribution in [0.3, 0.4) is 0 Å². The van der Waals surface area contributed by atoms with Crippen LogP contribution in [0.5, 0.6) is 0 Å². The predicted octanol–water partition coefficient (Wildman–Crippen LogP) is 1.77. The van der Waals surface area contributed by atoms with Crippen LogP contribution in [-0.2, 0) is 11.3 Å². The Bertz CT molecular complexity index is 816. The minimum atomic E-state index is -0.0378. The Labute approximate surface area is 160 Å². The first-order valence-electron chi connectivity index (χ1n) is 9.70. The van der Waals surface area contributed by atoms with Crippen molar-refractivity contribution < 1.29 is 9.59 Å². The molecule has 3 rings (SSSR count). The molecule has 1 N–H and O–H groups in total. The zero-order valence-electron chi connectivity index (χ0n) is 16.4. The molecule has 0 aromatic carbocycles. The third-order valence-corrected chi connectivity index (χ3v) is 5.29. The normalized spacial score (nSPS) is 17.4. The van der Waals surface area contributed by atoms with Crippen molar-refractivity contribution in [3.05, 3.63) is 35.8 Å². The number of carbonyl (C=O) groups excluding carboxylic acids is 2. The molecule has 0 bridgehead atoms. The zero-order chi connectivity index (χ0) is 19.4. The number of aromatic nitrogens is 2. The molecule has 1 aliphatic rings. The van der Waals surface area contributed by atoms with Gasteiger partial charge in [0.05, 0.1) is 11.6 Å². The number of fused-ring (bicyclic) bond motifs is 1. The molecule has 0 saturated carbocycles. The molecule has 0 unspecified atom stereocenters. The van der Waals surface area contributed by atoms with Gasteiger partial charge in [-0.3, -0.25) is 14.5 Å². The van der Waals surface area contributed by atoms with Crippen LogP contribution in [0, 0.1) is 5.92 Å². The van der Waals surface area contributed by atoms with Crippen molar-refractivity contribution in [1.82, 2.24) is 24.5 Å². The smallest absolute Gasteiger partial charge is 0.274 e. The van der Waals surface area contributed by atoms with Crippen molar-refractivity contribution in [1.29, 1.82) is 0 Å². The molecule has 0 radical (unpaired) electrons. The van der Waals surface area contributed by atoms with Crippen LogP contribution in [-0.4, -0.2) is 64.7 Å². The van der Waals surface area contributed by atoms with E-state index in [9.17, 15) is 9.59 Å². The van der Waals surface area contributed by atoms with Gasteiger partial charge in [-0.25, -0.2) is 4.98 Å². The van der Waals surface area contributed by atoms with Crippen molar-refractivity contribution in [3.8, 4) is 0 Å². The number of hydrogen-bond acceptors (Lipinski definition) is 4. The summed E-state index contributed by atoms with van der Waals surface area (Å²) in [5, 5.41) is 2.74. The Balaban J connectivity index is 1.85. The number of pyridine rings is 1. The van der Waals surface area contributed by atoms with Gasteiger partial charge in [0, 0.05) is 39.9 Å². The SMILES string of the molecule is CCCCN(C)C(=O)c1nc2ccccn2c1CN1CC[C@H](C(=O)NC)C1. The number of hydrogen-bond donors (Lipinski definition) is 1. The summed E-state index contributed by atoms with van der Waals surface area (Å²) >= 11 is 0. The lowest BCUT2D eigenvalue weighted by Crippen LogP contribution is -2.31. The summed E-state index contributed by atoms with van der Waals surface area (Å²) in [6.07, 6.45) is 4.82. The maximum atomic E-state index is 13.0. The third-order valence-electron chi connectivity index (χ3n) is 5.29. The quantitative estimate of drug-likeness (QED) is 0.805. The van der Waals surface area contributed by atoms with E-state index in [2.05, 4.69) is 22.1 Å². The average Bonchev–Trinajstić information content (AvgIpc) is 3.30. The maximum Gasteiger partial charge on any atom is 0.274 e. The first kappa shape index (κ1) is 19.4. The van der Waals surface area contributed by atoms with Crippen LogP contribution in [0.25, 0.3) is 5.65 Å². The Morgan fingerprint density at radius 1 is 1.37 bits per heavy atom. The maximum absolute atomic E-state index is 13.0. The van der Waals surface area contributed by atoms with E-state index in [0.717, 1.165) is 43.7 Å². The predicted molar refractivity (Wildman–Crippen MR) is 105 cm³/mol. The van der Waals surface area contributed by atoms with E-state index in [1.165, 1.54) is 0 Å². The molecule has 0 spiro atoms. The molecule has 146 valence electrons. The molecule has 2 aromatic heterocycles. The van der Waals surface area contributed by atoms with Crippen LogP contribution in [0.1, 0.15) is 42.4 Å². The van der Waals surface area contributed by atoms with E-state index < -0.39 is 0 Å². The highest BCUT2D eigenvalue weighted by molar-refractivity contribution is 5.94. The Morgan fingerprint density at radius 3 is 2.93 bits per heavy atom. The number of nitrogens with zero attached hydrogens (tertiary/aromatic N) is 4. The Kier molecular flexibility index (Phi) is 6.11. The average molecular weight is 371 g/mol. The fourth-order valence-electron chi connectivity index (χ4n) is 3.65. The minimum absolute atomic E-state index is 0.0144. The van der Waals surface area contributed by atoms with E-state index in [0.29, 0.717) is 18.8 Å². The highest BCUT2D eigenvalue weighted by Gasteiger charge is 2.30. The molecule has 2 amide bonds. The Hall–Kier alpha value is -2.41. The van der Waals surface area contributed by atoms with Crippen LogP contribution in [0.2, 0.25) is 0 Å². The summed E-state index contributed by atoms with van der Waals surface area (Å²) in [5.41, 5.74) is 2.20. The number of unbranched alkanes of at least 4 members (excludes halogenated alkanes) is 1. The molecule has 1 fully saturated rings. The second kappa shape index (κ2) is 8.52. The molecule has 2 aromatic rings. The van der Waals surface area contributed by atoms with Crippen LogP contribution in [0.15, 0.2) is 24.4 Å². The molecule has 1 aliphatic heterocycles. The molecular formula is C20H29N5O2. The molecule has 7 nitrogen and oxygen atoms in total. The number of rotatable bonds is 7. The van der Waals surface area contributed by atoms with Crippen LogP contribution < -0.4 is 5.32 Å². The largest absolute Gasteiger partial charge is 0.359 e. The highest BCUT2D eigenvalue weighted by Crippen LogP contribution is 2.22. The van der Waals surface area contributed by atoms with Gasteiger partial charge in [0.1, 0.15) is 5.65 Å². The topological polar surface area (TPSA) is 70.0 Å². The van der Waals surface area contributed by atoms with Crippen LogP contribution >= 0.6 is 0 Å². The Morgan fingerprint density at radius 2 is 2.19 bits per heavy atom. The first-order chi connectivity index (χ1) is 13.0. The second-order valence-electron chi connectivity index (χ2n) is 7.25. The molecule has 0 aliphatic carbocycles. The van der Waals surface area contributed by atoms with E-state index in [1.807, 2.05) is 35.8 Å². The summed E-state index contributed by atoms with van der Waals surface area (Å²) in [6, 6.07) is 5.80. The first-order valence-corrected chi connectivity index (χ1v) is 9.70. The lowest BCUT2D eigenvalue weighted by molar-refractivity contribution is -0.124. The zero-order valence-corrected chi connectivity index (χ0v) is 16.4. The number of likely N-dealkylation sites (tertiary alicyclic amines) is 1. The summed E-state index contributed by atoms with van der Waals surface area (Å²) < 4.78 is 1.99. The van der Waals surface area contributed by atoms with E-state index >= 15 is 0 Å². The van der Waals surface area contributed by atoms with Crippen molar-refractivity contribution in [2.24, 2.45) is 5.92 Å². The van der Waals surface area contributed by atoms with Gasteiger partial charge in [-0.2, -0.15) is 0 Å². The van der Waals surface area contributed by atoms with Gasteiger partial charge in [0.15, 0.2) is 5.69 Å². The molecular weight excluding hydrogens is 342 g/mol. The van der Waals surface area contributed by atoms with Crippen molar-refractivity contribution in [2.45, 2.75) is 32.7 Å². The fraction of sp³-hybridized carbons (Fsp3) is 0.550. The lowest BCUT2D eigenvalue weighted by atomic mass is 10.1. The van der Waals surface area contributed by atoms with Crippen molar-refractivity contribution in [3.63, 3.8) is 0 Å². The van der Waals surface area contributed by atoms with Gasteiger partial charge in [-0.1, -0.05) is 19.4 Å². The minimum Gasteiger partial charge on any atom is -0.359 e. The highest BCUT2D eigenvalue weighted by atomic mass is 16.2. The van der Waals surface area contributed by atoms with Crippen molar-refractivity contribution in [2.75, 3.05) is 33.7 Å². The van der Waals surface area contributed by atoms with E-state index in [1.54, 1.807) is 11.9 Å². The fourth-order valence-corrected chi connectivity index (χ4v) is 3.65. The second-order valence-corrected chi connectivity index (χ2v) is 7.25. The van der Waals surface area contributed by atoms with Gasteiger partial charge in [0.2, 0.25) is 5.91 Å². The van der Waals surface area contributed by atoms with Gasteiger partial charge in [-0.15, -0.1) is 0 Å². The van der Waals surface area contributed by atoms with E-state index in [4.69, 9.17) is 0 Å². The molecule has 3 heterocycles. The molecule has 1 saturated heterocycles. The van der Waals surface area contributed by atoms with Gasteiger partial charge in [-0.05, 0) is 31.5 Å². The summed E-state index contributed by atoms with van der Waals surface area (Å²) in [5.74, 6) is 0.0657. The summed E-state index contributed by atoms with van der Waals surface area (Å²) in [7, 11) is 3.52. The summed E-state index contributed by atoms with van der Waals surface area (Å²) in [6.45, 7) is 5.01. The number of imidazole rings is 1. The molecule has 27 heavy (non-hydrogen) atoms. The molecule has 1 atom stereocenters. The lowest BCUT2D eigenvalue weighted by Gasteiger charge is -2.19. The summed E-state index contributed by atoms with van der Waals surface area (Å²) in [4.78, 5) is 33.5. The standard InChI is InChI=1S/C20H29N5O2/c1-4-5-10-23(3)20(27)18-16(25-11-7-6-8-17(25)22-18)14-24-12-9-15(13-24)19(26)21-2/h6-8,11,15H,4-5,9-10,12-14H2,1-3H3,(H,21,26)/t15-/m0/s1. The number of amides is 2. The monoisotopic (exact) mass is 371 g/mol. The van der Waals surface area contributed by atoms with Crippen LogP contribution in [0.4, 0.5) is 0 Å². The van der Waals surface area contributed by atoms with Crippen molar-refractivity contribution >= 4 is 17.5 Å². The van der Waals surface area contributed by atoms with Gasteiger partial charge >= 0.3 is 0 Å². The number of nitrogens with one attached hydrogen (secondary N) is 1. The molecule has 7 heteroatoms.